The third-order valence-electron chi connectivity index (χ3n) is 15.7. The van der Waals surface area contributed by atoms with Gasteiger partial charge in [-0.25, -0.2) is 8.42 Å². The van der Waals surface area contributed by atoms with E-state index in [9.17, 15) is 45.0 Å². The number of anilines is 3. The number of nitrogens with two attached hydrogens (primary N) is 6. The second-order valence-electron chi connectivity index (χ2n) is 22.2. The summed E-state index contributed by atoms with van der Waals surface area (Å²) in [5.74, 6) is 5.33. The second kappa shape index (κ2) is 27.4. The lowest BCUT2D eigenvalue weighted by Gasteiger charge is -2.38. The Morgan fingerprint density at radius 1 is 0.519 bits per heavy atom. The number of rotatable bonds is 10. The van der Waals surface area contributed by atoms with Crippen LogP contribution in [0.15, 0.2) is 143 Å². The maximum Gasteiger partial charge on any atom is 0.411 e. The Morgan fingerprint density at radius 3 is 1.23 bits per heavy atom. The summed E-state index contributed by atoms with van der Waals surface area (Å²) in [7, 11) is -3.66. The molecule has 0 aliphatic heterocycles. The van der Waals surface area contributed by atoms with Crippen molar-refractivity contribution < 1.29 is 54.4 Å². The topological polar surface area (TPSA) is 249 Å². The summed E-state index contributed by atoms with van der Waals surface area (Å²) in [6.07, 6.45) is 2.98. The molecule has 6 aromatic carbocycles. The molecule has 8 atom stereocenters. The molecule has 14 N–H and O–H groups in total. The van der Waals surface area contributed by atoms with Crippen molar-refractivity contribution in [2.24, 2.45) is 46.8 Å². The number of aryl methyl sites for hydroxylation is 1. The van der Waals surface area contributed by atoms with Gasteiger partial charge in [0.1, 0.15) is 34.5 Å². The van der Waals surface area contributed by atoms with Gasteiger partial charge in [0.2, 0.25) is 15.3 Å². The maximum absolute atomic E-state index is 13.8. The lowest BCUT2D eigenvalue weighted by atomic mass is 9.71. The van der Waals surface area contributed by atoms with E-state index in [1.165, 1.54) is 94.9 Å². The number of phenols is 2. The van der Waals surface area contributed by atoms with Gasteiger partial charge < -0.3 is 54.1 Å². The Kier molecular flexibility index (Phi) is 21.5. The number of nitrogen functional groups attached to an aromatic ring is 3. The van der Waals surface area contributed by atoms with E-state index < -0.39 is 61.6 Å². The van der Waals surface area contributed by atoms with E-state index in [2.05, 4.69) is 20.8 Å². The number of hydrogen-bond acceptors (Lipinski definition) is 12. The molecule has 3 fully saturated rings. The number of benzene rings is 6. The molecule has 0 bridgehead atoms. The number of alkyl halides is 6. The minimum atomic E-state index is -5.82. The van der Waals surface area contributed by atoms with Crippen molar-refractivity contribution in [3.8, 4) is 34.5 Å². The highest BCUT2D eigenvalue weighted by molar-refractivity contribution is 7.91. The summed E-state index contributed by atoms with van der Waals surface area (Å²) in [5.41, 5.74) is 27.7. The van der Waals surface area contributed by atoms with E-state index in [0.29, 0.717) is 83.2 Å². The average molecular weight is 1150 g/mol. The van der Waals surface area contributed by atoms with Crippen LogP contribution >= 0.6 is 0 Å². The number of sulfone groups is 1. The third kappa shape index (κ3) is 16.7. The quantitative estimate of drug-likeness (QED) is 0.0362. The van der Waals surface area contributed by atoms with Crippen LogP contribution in [0, 0.1) is 36.5 Å². The van der Waals surface area contributed by atoms with Gasteiger partial charge in [-0.1, -0.05) is 63.4 Å². The summed E-state index contributed by atoms with van der Waals surface area (Å²) >= 11 is 0. The first-order valence-corrected chi connectivity index (χ1v) is 28.9. The van der Waals surface area contributed by atoms with Gasteiger partial charge >= 0.3 is 12.4 Å². The first kappa shape index (κ1) is 63.5. The van der Waals surface area contributed by atoms with E-state index >= 15 is 0 Å². The Hall–Kier alpha value is -6.67. The smallest absolute Gasteiger partial charge is 0.411 e. The minimum Gasteiger partial charge on any atom is -0.506 e. The summed E-state index contributed by atoms with van der Waals surface area (Å²) in [5, 5.41) is 18.7. The van der Waals surface area contributed by atoms with E-state index in [4.69, 9.17) is 43.9 Å². The van der Waals surface area contributed by atoms with Crippen LogP contribution in [0.1, 0.15) is 108 Å². The van der Waals surface area contributed by atoms with Crippen LogP contribution in [0.3, 0.4) is 0 Å². The van der Waals surface area contributed by atoms with Crippen LogP contribution in [-0.2, 0) is 15.3 Å². The standard InChI is InChI=1S/C25H21NO4S.C15H12F6N2O2.C15H30N2.C7H15N/c1-18-2-6-20(7-3-18)29-22-10-14-24(15-11-22)31(27,28)25-16-12-23(13-17-25)30-21-8-4-19(26)5-9-21;16-14(17,18)13(15(19,20)21,7-1-3-11(24)9(22)5-7)8-2-4-12(25)10(23)6-8;1-10-7-12(3-5-14(10)16)9-13-4-6-15(17)11(2)8-13;1-6-3-2-4-7(8)5-6/h2-17H,26H2,1H3;1-6,24-25H,22-23H2;10-15H,3-9,16-17H2,1-2H3;6-7H,2-5,8H2,1H3. The average Bonchev–Trinajstić information content (AvgIpc) is 3.50. The fourth-order valence-electron chi connectivity index (χ4n) is 10.9. The van der Waals surface area contributed by atoms with Crippen molar-refractivity contribution in [2.45, 2.75) is 144 Å². The fraction of sp³-hybridized carbons (Fsp3) is 0.419. The first-order chi connectivity index (χ1) is 38.1. The number of halogens is 6. The molecule has 3 aliphatic carbocycles. The Labute approximate surface area is 472 Å². The highest BCUT2D eigenvalue weighted by Crippen LogP contribution is 2.57. The van der Waals surface area contributed by atoms with Crippen molar-refractivity contribution >= 4 is 26.9 Å². The highest BCUT2D eigenvalue weighted by Gasteiger charge is 2.72. The molecule has 8 unspecified atom stereocenters. The predicted molar refractivity (Wildman–Crippen MR) is 308 cm³/mol. The Morgan fingerprint density at radius 2 is 0.901 bits per heavy atom. The molecule has 9 rings (SSSR count). The van der Waals surface area contributed by atoms with E-state index in [1.54, 1.807) is 48.5 Å². The molecule has 19 heteroatoms. The van der Waals surface area contributed by atoms with Crippen molar-refractivity contribution in [2.75, 3.05) is 17.2 Å². The molecule has 3 aliphatic rings. The molecular formula is C62H78F6N6O6S. The number of phenolic OH excluding ortho intramolecular Hbond substituents is 2. The SMILES string of the molecule is CC1CC(CC2CCC(N)C(C)C2)CCC1N.CC1CCCC(N)C1.Cc1ccc(Oc2ccc(S(=O)(=O)c3ccc(Oc4ccc(N)cc4)cc3)cc2)cc1.Nc1cc(C(c2ccc(O)c(N)c2)(C(F)(F)F)C(F)(F)F)ccc1O. The van der Waals surface area contributed by atoms with Crippen LogP contribution in [0.25, 0.3) is 0 Å². The normalized spacial score (nSPS) is 22.3. The van der Waals surface area contributed by atoms with Gasteiger partial charge in [0, 0.05) is 23.8 Å². The first-order valence-electron chi connectivity index (χ1n) is 27.4. The Balaban J connectivity index is 0.000000189. The van der Waals surface area contributed by atoms with Crippen molar-refractivity contribution in [1.29, 1.82) is 0 Å². The van der Waals surface area contributed by atoms with Gasteiger partial charge in [0.25, 0.3) is 0 Å². The van der Waals surface area contributed by atoms with Crippen molar-refractivity contribution in [1.82, 2.24) is 0 Å². The Bertz CT molecular complexity index is 2860. The second-order valence-corrected chi connectivity index (χ2v) is 24.2. The van der Waals surface area contributed by atoms with Crippen LogP contribution in [0.2, 0.25) is 0 Å². The molecule has 0 heterocycles. The summed E-state index contributed by atoms with van der Waals surface area (Å²) in [6, 6.07) is 31.8. The zero-order chi connectivity index (χ0) is 59.5. The molecule has 0 amide bonds. The molecule has 0 radical (unpaired) electrons. The van der Waals surface area contributed by atoms with E-state index in [0.717, 1.165) is 35.2 Å². The van der Waals surface area contributed by atoms with Gasteiger partial charge in [-0.2, -0.15) is 26.3 Å². The van der Waals surface area contributed by atoms with Gasteiger partial charge in [0.15, 0.2) is 0 Å². The molecule has 440 valence electrons. The summed E-state index contributed by atoms with van der Waals surface area (Å²) in [4.78, 5) is 0.375. The lowest BCUT2D eigenvalue weighted by molar-refractivity contribution is -0.288. The molecule has 6 aromatic rings. The van der Waals surface area contributed by atoms with Crippen molar-refractivity contribution in [3.05, 3.63) is 150 Å². The summed E-state index contributed by atoms with van der Waals surface area (Å²) < 4.78 is 120. The molecule has 0 saturated heterocycles. The molecule has 3 saturated carbocycles. The zero-order valence-electron chi connectivity index (χ0n) is 46.3. The van der Waals surface area contributed by atoms with E-state index in [1.807, 2.05) is 31.2 Å². The molecule has 81 heavy (non-hydrogen) atoms. The molecular weight excluding hydrogens is 1070 g/mol. The predicted octanol–water partition coefficient (Wildman–Crippen LogP) is 14.1. The third-order valence-corrected chi connectivity index (χ3v) is 17.5. The highest BCUT2D eigenvalue weighted by atomic mass is 32.2. The van der Waals surface area contributed by atoms with Gasteiger partial charge in [-0.15, -0.1) is 0 Å². The van der Waals surface area contributed by atoms with Crippen molar-refractivity contribution in [3.63, 3.8) is 0 Å². The van der Waals surface area contributed by atoms with Crippen LogP contribution in [0.5, 0.6) is 34.5 Å². The fourth-order valence-corrected chi connectivity index (χ4v) is 12.2. The maximum atomic E-state index is 13.8. The monoisotopic (exact) mass is 1150 g/mol. The molecule has 0 aromatic heterocycles. The number of ether oxygens (including phenoxy) is 2. The van der Waals surface area contributed by atoms with Crippen LogP contribution < -0.4 is 43.9 Å². The van der Waals surface area contributed by atoms with Crippen LogP contribution in [0.4, 0.5) is 43.4 Å². The molecule has 0 spiro atoms. The van der Waals surface area contributed by atoms with Gasteiger partial charge in [-0.3, -0.25) is 0 Å². The number of hydrogen-bond donors (Lipinski definition) is 8. The zero-order valence-corrected chi connectivity index (χ0v) is 47.1. The van der Waals surface area contributed by atoms with Gasteiger partial charge in [0.05, 0.1) is 21.2 Å². The van der Waals surface area contributed by atoms with E-state index in [-0.39, 0.29) is 9.79 Å². The lowest BCUT2D eigenvalue weighted by Crippen LogP contribution is -2.54. The summed E-state index contributed by atoms with van der Waals surface area (Å²) in [6.45, 7) is 8.95. The minimum absolute atomic E-state index is 0.185. The molecule has 12 nitrogen and oxygen atoms in total. The van der Waals surface area contributed by atoms with Gasteiger partial charge in [-0.05, 0) is 215 Å². The number of aromatic hydroxyl groups is 2. The van der Waals surface area contributed by atoms with Crippen LogP contribution in [-0.4, -0.2) is 49.1 Å². The largest absolute Gasteiger partial charge is 0.506 e.